The van der Waals surface area contributed by atoms with Crippen molar-refractivity contribution in [3.05, 3.63) is 75.9 Å². The molecular weight excluding hydrogens is 414 g/mol. The van der Waals surface area contributed by atoms with Crippen molar-refractivity contribution < 1.29 is 19.4 Å². The molecule has 0 aliphatic carbocycles. The summed E-state index contributed by atoms with van der Waals surface area (Å²) in [5.41, 5.74) is 5.69. The van der Waals surface area contributed by atoms with Crippen LogP contribution in [0, 0.1) is 0 Å². The van der Waals surface area contributed by atoms with Crippen LogP contribution >= 0.6 is 0 Å². The number of hydrogen-bond donors (Lipinski definition) is 1. The maximum Gasteiger partial charge on any atom is 0.254 e. The fraction of sp³-hybridized carbons (Fsp3) is 0.393. The lowest BCUT2D eigenvalue weighted by atomic mass is 9.99. The number of carbonyl (C=O) groups excluding carboxylic acids is 1. The minimum absolute atomic E-state index is 0.0629. The zero-order valence-electron chi connectivity index (χ0n) is 20.4. The molecule has 1 aliphatic rings. The predicted molar refractivity (Wildman–Crippen MR) is 132 cm³/mol. The number of hydrogen-bond acceptors (Lipinski definition) is 4. The van der Waals surface area contributed by atoms with Crippen LogP contribution in [0.2, 0.25) is 0 Å². The fourth-order valence-corrected chi connectivity index (χ4v) is 4.10. The third-order valence-electron chi connectivity index (χ3n) is 6.13. The molecule has 0 bridgehead atoms. The van der Waals surface area contributed by atoms with Crippen LogP contribution in [0.15, 0.2) is 53.6 Å². The molecule has 0 unspecified atom stereocenters. The van der Waals surface area contributed by atoms with Gasteiger partial charge in [0.1, 0.15) is 17.2 Å². The average Bonchev–Trinajstić information content (AvgIpc) is 3.12. The number of methoxy groups -OCH3 is 2. The number of benzene rings is 2. The van der Waals surface area contributed by atoms with Crippen molar-refractivity contribution in [1.29, 1.82) is 0 Å². The van der Waals surface area contributed by atoms with E-state index in [1.165, 1.54) is 11.1 Å². The van der Waals surface area contributed by atoms with Gasteiger partial charge in [0.05, 0.1) is 26.3 Å². The lowest BCUT2D eigenvalue weighted by molar-refractivity contribution is 0.0780. The number of rotatable bonds is 10. The quantitative estimate of drug-likeness (QED) is 0.463. The molecule has 5 heteroatoms. The molecule has 0 aromatic heterocycles. The number of allylic oxidation sites excluding steroid dienone is 4. The number of fused-ring (bicyclic) bond motifs is 1. The second kappa shape index (κ2) is 11.1. The highest BCUT2D eigenvalue weighted by Gasteiger charge is 2.32. The molecule has 1 heterocycles. The maximum atomic E-state index is 13.0. The highest BCUT2D eigenvalue weighted by Crippen LogP contribution is 2.39. The highest BCUT2D eigenvalue weighted by molar-refractivity contribution is 6.00. The first-order valence-electron chi connectivity index (χ1n) is 11.5. The topological polar surface area (TPSA) is 59.0 Å². The van der Waals surface area contributed by atoms with Crippen LogP contribution in [0.25, 0.3) is 0 Å². The number of ether oxygens (including phenoxy) is 2. The Labute approximate surface area is 197 Å². The number of aromatic hydroxyl groups is 1. The first kappa shape index (κ1) is 24.4. The number of phenols is 1. The van der Waals surface area contributed by atoms with Gasteiger partial charge in [-0.15, -0.1) is 0 Å². The second-order valence-electron chi connectivity index (χ2n) is 8.83. The van der Waals surface area contributed by atoms with Crippen LogP contribution in [0.5, 0.6) is 17.2 Å². The number of amides is 1. The monoisotopic (exact) mass is 449 g/mol. The van der Waals surface area contributed by atoms with E-state index in [0.717, 1.165) is 36.1 Å². The van der Waals surface area contributed by atoms with Gasteiger partial charge in [-0.3, -0.25) is 4.79 Å². The Hall–Kier alpha value is -3.21. The molecule has 176 valence electrons. The van der Waals surface area contributed by atoms with Crippen LogP contribution in [0.3, 0.4) is 0 Å². The summed E-state index contributed by atoms with van der Waals surface area (Å²) in [6.07, 6.45) is 7.68. The third-order valence-corrected chi connectivity index (χ3v) is 6.13. The lowest BCUT2D eigenvalue weighted by Crippen LogP contribution is -2.26. The van der Waals surface area contributed by atoms with E-state index in [1.807, 2.05) is 24.3 Å². The molecule has 2 aromatic rings. The predicted octanol–water partition coefficient (Wildman–Crippen LogP) is 5.84. The molecule has 0 fully saturated rings. The van der Waals surface area contributed by atoms with Crippen LogP contribution in [-0.2, 0) is 19.4 Å². The van der Waals surface area contributed by atoms with Gasteiger partial charge in [-0.25, -0.2) is 0 Å². The molecule has 5 nitrogen and oxygen atoms in total. The van der Waals surface area contributed by atoms with Gasteiger partial charge in [0.2, 0.25) is 0 Å². The summed E-state index contributed by atoms with van der Waals surface area (Å²) in [6.45, 7) is 7.32. The van der Waals surface area contributed by atoms with Crippen molar-refractivity contribution in [2.45, 2.75) is 53.0 Å². The summed E-state index contributed by atoms with van der Waals surface area (Å²) in [5.74, 6) is 1.49. The van der Waals surface area contributed by atoms with Crippen molar-refractivity contribution >= 4 is 5.91 Å². The Morgan fingerprint density at radius 1 is 1.09 bits per heavy atom. The van der Waals surface area contributed by atoms with E-state index in [-0.39, 0.29) is 11.7 Å². The van der Waals surface area contributed by atoms with Crippen LogP contribution in [0.1, 0.15) is 60.7 Å². The van der Waals surface area contributed by atoms with E-state index in [1.54, 1.807) is 25.2 Å². The Balaban J connectivity index is 1.73. The molecule has 2 aromatic carbocycles. The molecule has 0 saturated heterocycles. The van der Waals surface area contributed by atoms with Crippen LogP contribution in [0.4, 0.5) is 0 Å². The summed E-state index contributed by atoms with van der Waals surface area (Å²) in [5, 5.41) is 11.1. The average molecular weight is 450 g/mol. The van der Waals surface area contributed by atoms with E-state index >= 15 is 0 Å². The molecule has 1 amide bonds. The van der Waals surface area contributed by atoms with E-state index in [2.05, 4.69) is 32.9 Å². The summed E-state index contributed by atoms with van der Waals surface area (Å²) in [6, 6.07) is 9.66. The molecule has 0 atom stereocenters. The summed E-state index contributed by atoms with van der Waals surface area (Å²) in [7, 11) is 3.23. The first-order chi connectivity index (χ1) is 15.8. The number of nitrogens with zero attached hydrogens (tertiary/aromatic N) is 1. The van der Waals surface area contributed by atoms with Gasteiger partial charge >= 0.3 is 0 Å². The standard InChI is InChI=1S/C28H35NO4/c1-19(2)7-6-8-20(3)9-14-23-26(33-5)17-24-25(27(23)30)18-29(28(24)31)16-15-21-10-12-22(32-4)13-11-21/h7,9-13,17,30H,6,8,14-16,18H2,1-5H3/b20-9+. The Morgan fingerprint density at radius 2 is 1.82 bits per heavy atom. The lowest BCUT2D eigenvalue weighted by Gasteiger charge is -2.15. The van der Waals surface area contributed by atoms with Gasteiger partial charge in [0, 0.05) is 17.7 Å². The van der Waals surface area contributed by atoms with Gasteiger partial charge in [-0.2, -0.15) is 0 Å². The molecule has 0 radical (unpaired) electrons. The van der Waals surface area contributed by atoms with E-state index in [9.17, 15) is 9.90 Å². The van der Waals surface area contributed by atoms with E-state index in [0.29, 0.717) is 36.4 Å². The normalized spacial score (nSPS) is 13.2. The Morgan fingerprint density at radius 3 is 2.45 bits per heavy atom. The van der Waals surface area contributed by atoms with Crippen LogP contribution < -0.4 is 9.47 Å². The van der Waals surface area contributed by atoms with Gasteiger partial charge in [0.25, 0.3) is 5.91 Å². The Kier molecular flexibility index (Phi) is 8.21. The van der Waals surface area contributed by atoms with Gasteiger partial charge in [-0.05, 0) is 70.2 Å². The number of phenolic OH excluding ortho intramolecular Hbond substituents is 1. The highest BCUT2D eigenvalue weighted by atomic mass is 16.5. The van der Waals surface area contributed by atoms with Crippen molar-refractivity contribution in [2.75, 3.05) is 20.8 Å². The van der Waals surface area contributed by atoms with Gasteiger partial charge in [-0.1, -0.05) is 35.4 Å². The van der Waals surface area contributed by atoms with Gasteiger partial charge < -0.3 is 19.5 Å². The second-order valence-corrected chi connectivity index (χ2v) is 8.83. The van der Waals surface area contributed by atoms with Crippen molar-refractivity contribution in [2.24, 2.45) is 0 Å². The zero-order valence-corrected chi connectivity index (χ0v) is 20.4. The molecule has 1 aliphatic heterocycles. The first-order valence-corrected chi connectivity index (χ1v) is 11.5. The Bertz CT molecular complexity index is 1050. The molecule has 3 rings (SSSR count). The molecule has 1 N–H and O–H groups in total. The summed E-state index contributed by atoms with van der Waals surface area (Å²) in [4.78, 5) is 14.8. The van der Waals surface area contributed by atoms with Crippen molar-refractivity contribution in [3.8, 4) is 17.2 Å². The molecular formula is C28H35NO4. The van der Waals surface area contributed by atoms with Crippen molar-refractivity contribution in [3.63, 3.8) is 0 Å². The summed E-state index contributed by atoms with van der Waals surface area (Å²) >= 11 is 0. The van der Waals surface area contributed by atoms with Gasteiger partial charge in [0.15, 0.2) is 0 Å². The summed E-state index contributed by atoms with van der Waals surface area (Å²) < 4.78 is 10.8. The number of carbonyl (C=O) groups is 1. The largest absolute Gasteiger partial charge is 0.507 e. The SMILES string of the molecule is COc1ccc(CCN2Cc3c(cc(OC)c(C/C=C(\C)CCC=C(C)C)c3O)C2=O)cc1. The van der Waals surface area contributed by atoms with E-state index in [4.69, 9.17) is 9.47 Å². The van der Waals surface area contributed by atoms with E-state index < -0.39 is 0 Å². The third kappa shape index (κ3) is 5.98. The maximum absolute atomic E-state index is 13.0. The van der Waals surface area contributed by atoms with Crippen molar-refractivity contribution in [1.82, 2.24) is 4.90 Å². The minimum atomic E-state index is -0.0629. The zero-order chi connectivity index (χ0) is 24.0. The van der Waals surface area contributed by atoms with Crippen LogP contribution in [-0.4, -0.2) is 36.7 Å². The molecule has 0 saturated carbocycles. The molecule has 0 spiro atoms. The minimum Gasteiger partial charge on any atom is -0.507 e. The fourth-order valence-electron chi connectivity index (χ4n) is 4.10. The molecule has 33 heavy (non-hydrogen) atoms. The smallest absolute Gasteiger partial charge is 0.254 e.